The van der Waals surface area contributed by atoms with Crippen molar-refractivity contribution in [2.24, 2.45) is 0 Å². The van der Waals surface area contributed by atoms with Crippen molar-refractivity contribution < 1.29 is 13.6 Å². The number of rotatable bonds is 2. The van der Waals surface area contributed by atoms with Crippen LogP contribution in [0.4, 0.5) is 8.78 Å². The van der Waals surface area contributed by atoms with Crippen molar-refractivity contribution in [3.05, 3.63) is 101 Å². The third-order valence-corrected chi connectivity index (χ3v) is 5.25. The molecular weight excluding hydrogens is 406 g/mol. The molecule has 0 amide bonds. The Bertz CT molecular complexity index is 1450. The first kappa shape index (κ1) is 18.5. The van der Waals surface area contributed by atoms with E-state index in [4.69, 9.17) is 11.6 Å². The van der Waals surface area contributed by atoms with Crippen LogP contribution in [-0.4, -0.2) is 15.5 Å². The molecule has 0 radical (unpaired) electrons. The molecule has 1 aromatic heterocycles. The summed E-state index contributed by atoms with van der Waals surface area (Å²) in [6.07, 6.45) is 0. The third kappa shape index (κ3) is 2.95. The van der Waals surface area contributed by atoms with Crippen molar-refractivity contribution in [1.29, 1.82) is 0 Å². The lowest BCUT2D eigenvalue weighted by atomic mass is 10.0. The lowest BCUT2D eigenvalue weighted by molar-refractivity contribution is 0.0962. The zero-order valence-electron chi connectivity index (χ0n) is 15.4. The molecule has 0 spiro atoms. The van der Waals surface area contributed by atoms with Gasteiger partial charge in [0, 0.05) is 16.7 Å². The van der Waals surface area contributed by atoms with Crippen LogP contribution in [0.2, 0.25) is 5.02 Å². The van der Waals surface area contributed by atoms with Crippen LogP contribution >= 0.6 is 11.6 Å². The van der Waals surface area contributed by atoms with Gasteiger partial charge in [-0.15, -0.1) is 0 Å². The van der Waals surface area contributed by atoms with Crippen LogP contribution in [0.1, 0.15) is 10.4 Å². The largest absolute Gasteiger partial charge is 0.268 e. The average molecular weight is 419 g/mol. The molecular formula is C24H13ClF2N2O. The van der Waals surface area contributed by atoms with Crippen LogP contribution in [-0.2, 0) is 0 Å². The number of fused-ring (bicyclic) bond motifs is 2. The number of hydrogen-bond donors (Lipinski definition) is 0. The van der Waals surface area contributed by atoms with E-state index in [1.807, 2.05) is 42.5 Å². The van der Waals surface area contributed by atoms with E-state index >= 15 is 0 Å². The minimum Gasteiger partial charge on any atom is -0.268 e. The molecule has 0 unspecified atom stereocenters. The highest BCUT2D eigenvalue weighted by Gasteiger charge is 2.23. The first-order valence-electron chi connectivity index (χ1n) is 9.19. The summed E-state index contributed by atoms with van der Waals surface area (Å²) in [6, 6.07) is 21.3. The van der Waals surface area contributed by atoms with Crippen LogP contribution in [0, 0.1) is 11.6 Å². The molecule has 1 heterocycles. The molecule has 0 aliphatic carbocycles. The molecule has 5 aromatic rings. The molecule has 0 bridgehead atoms. The number of carbonyl (C=O) groups is 1. The maximum Gasteiger partial charge on any atom is 0.267 e. The monoisotopic (exact) mass is 418 g/mol. The van der Waals surface area contributed by atoms with Gasteiger partial charge in [-0.3, -0.25) is 9.36 Å². The highest BCUT2D eigenvalue weighted by molar-refractivity contribution is 6.31. The number of carbonyl (C=O) groups excluding carboxylic acids is 1. The van der Waals surface area contributed by atoms with Crippen LogP contribution in [0.5, 0.6) is 0 Å². The van der Waals surface area contributed by atoms with Gasteiger partial charge in [0.15, 0.2) is 0 Å². The summed E-state index contributed by atoms with van der Waals surface area (Å²) in [5, 5.41) is 2.35. The average Bonchev–Trinajstić information content (AvgIpc) is 3.11. The Balaban J connectivity index is 1.84. The third-order valence-electron chi connectivity index (χ3n) is 5.01. The summed E-state index contributed by atoms with van der Waals surface area (Å²) in [5.74, 6) is -1.96. The number of benzene rings is 4. The van der Waals surface area contributed by atoms with Crippen molar-refractivity contribution in [3.63, 3.8) is 0 Å². The van der Waals surface area contributed by atoms with Crippen LogP contribution in [0.25, 0.3) is 33.2 Å². The van der Waals surface area contributed by atoms with E-state index in [-0.39, 0.29) is 5.56 Å². The molecule has 5 rings (SSSR count). The fourth-order valence-electron chi connectivity index (χ4n) is 3.64. The van der Waals surface area contributed by atoms with Gasteiger partial charge in [-0.1, -0.05) is 54.1 Å². The Kier molecular flexibility index (Phi) is 4.33. The molecule has 0 saturated carbocycles. The fraction of sp³-hybridized carbons (Fsp3) is 0. The van der Waals surface area contributed by atoms with Crippen molar-refractivity contribution in [3.8, 4) is 11.4 Å². The Morgan fingerprint density at radius 3 is 2.53 bits per heavy atom. The lowest BCUT2D eigenvalue weighted by Gasteiger charge is -2.11. The predicted molar refractivity (Wildman–Crippen MR) is 114 cm³/mol. The van der Waals surface area contributed by atoms with Gasteiger partial charge in [-0.05, 0) is 41.1 Å². The van der Waals surface area contributed by atoms with Crippen molar-refractivity contribution >= 4 is 39.3 Å². The van der Waals surface area contributed by atoms with Gasteiger partial charge >= 0.3 is 0 Å². The zero-order chi connectivity index (χ0) is 20.8. The molecule has 0 aliphatic rings. The summed E-state index contributed by atoms with van der Waals surface area (Å²) in [7, 11) is 0. The first-order valence-corrected chi connectivity index (χ1v) is 9.56. The van der Waals surface area contributed by atoms with Crippen LogP contribution in [0.15, 0.2) is 78.9 Å². The minimum absolute atomic E-state index is 0.243. The normalized spacial score (nSPS) is 11.3. The summed E-state index contributed by atoms with van der Waals surface area (Å²) in [5.41, 5.74) is 1.46. The van der Waals surface area contributed by atoms with Gasteiger partial charge in [0.1, 0.15) is 17.5 Å². The topological polar surface area (TPSA) is 34.9 Å². The Hall–Kier alpha value is -3.57. The SMILES string of the molecule is O=C(c1ccc(F)cc1F)n1c(-c2cccc3ccccc23)nc2cc(Cl)ccc21. The van der Waals surface area contributed by atoms with E-state index in [0.717, 1.165) is 28.5 Å². The summed E-state index contributed by atoms with van der Waals surface area (Å²) < 4.78 is 29.2. The van der Waals surface area contributed by atoms with Gasteiger partial charge in [-0.2, -0.15) is 0 Å². The molecule has 0 N–H and O–H groups in total. The highest BCUT2D eigenvalue weighted by Crippen LogP contribution is 2.32. The molecule has 3 nitrogen and oxygen atoms in total. The Morgan fingerprint density at radius 2 is 1.70 bits per heavy atom. The maximum absolute atomic E-state index is 14.4. The number of imidazole rings is 1. The molecule has 4 aromatic carbocycles. The fourth-order valence-corrected chi connectivity index (χ4v) is 3.81. The summed E-state index contributed by atoms with van der Waals surface area (Å²) in [4.78, 5) is 18.0. The van der Waals surface area contributed by atoms with E-state index in [0.29, 0.717) is 27.9 Å². The Morgan fingerprint density at radius 1 is 0.900 bits per heavy atom. The zero-order valence-corrected chi connectivity index (χ0v) is 16.2. The maximum atomic E-state index is 14.4. The molecule has 30 heavy (non-hydrogen) atoms. The predicted octanol–water partition coefficient (Wildman–Crippen LogP) is 6.48. The standard InChI is InChI=1S/C24H13ClF2N2O/c25-15-8-11-22-21(12-15)28-23(18-7-3-5-14-4-1-2-6-17(14)18)29(22)24(30)19-10-9-16(26)13-20(19)27/h1-13H. The van der Waals surface area contributed by atoms with Crippen molar-refractivity contribution in [2.75, 3.05) is 0 Å². The highest BCUT2D eigenvalue weighted by atomic mass is 35.5. The van der Waals surface area contributed by atoms with E-state index < -0.39 is 17.5 Å². The van der Waals surface area contributed by atoms with Crippen LogP contribution < -0.4 is 0 Å². The summed E-state index contributed by atoms with van der Waals surface area (Å²) in [6.45, 7) is 0. The van der Waals surface area contributed by atoms with Gasteiger partial charge in [0.25, 0.3) is 5.91 Å². The van der Waals surface area contributed by atoms with Gasteiger partial charge < -0.3 is 0 Å². The minimum atomic E-state index is -0.931. The summed E-state index contributed by atoms with van der Waals surface area (Å²) >= 11 is 6.12. The van der Waals surface area contributed by atoms with Gasteiger partial charge in [0.2, 0.25) is 0 Å². The molecule has 0 aliphatic heterocycles. The second-order valence-corrected chi connectivity index (χ2v) is 7.30. The van der Waals surface area contributed by atoms with Crippen molar-refractivity contribution in [2.45, 2.75) is 0 Å². The lowest BCUT2D eigenvalue weighted by Crippen LogP contribution is -2.15. The quantitative estimate of drug-likeness (QED) is 0.329. The second-order valence-electron chi connectivity index (χ2n) is 6.86. The molecule has 0 saturated heterocycles. The number of hydrogen-bond acceptors (Lipinski definition) is 2. The molecule has 6 heteroatoms. The van der Waals surface area contributed by atoms with Crippen molar-refractivity contribution in [1.82, 2.24) is 9.55 Å². The van der Waals surface area contributed by atoms with Gasteiger partial charge in [-0.25, -0.2) is 13.8 Å². The molecule has 0 atom stereocenters. The smallest absolute Gasteiger partial charge is 0.267 e. The molecule has 146 valence electrons. The first-order chi connectivity index (χ1) is 14.5. The van der Waals surface area contributed by atoms with Gasteiger partial charge in [0.05, 0.1) is 16.6 Å². The number of aromatic nitrogens is 2. The second kappa shape index (κ2) is 7.04. The van der Waals surface area contributed by atoms with E-state index in [1.165, 1.54) is 4.57 Å². The molecule has 0 fully saturated rings. The van der Waals surface area contributed by atoms with Crippen LogP contribution in [0.3, 0.4) is 0 Å². The Labute approximate surface area is 175 Å². The van der Waals surface area contributed by atoms with E-state index in [2.05, 4.69) is 4.98 Å². The number of nitrogens with zero attached hydrogens (tertiary/aromatic N) is 2. The van der Waals surface area contributed by atoms with E-state index in [9.17, 15) is 13.6 Å². The van der Waals surface area contributed by atoms with E-state index in [1.54, 1.807) is 18.2 Å². The number of halogens is 3.